The molecule has 70 valence electrons. The standard InChI is InChI=1S/C8H12N4O/c9-2-1-4-13-5-3-12-7-8(10)6-11-12/h6-7H,1,3-5,10H2. The van der Waals surface area contributed by atoms with Crippen molar-refractivity contribution in [3.8, 4) is 6.07 Å². The van der Waals surface area contributed by atoms with E-state index in [9.17, 15) is 0 Å². The molecule has 0 atom stereocenters. The molecule has 2 N–H and O–H groups in total. The van der Waals surface area contributed by atoms with E-state index in [1.807, 2.05) is 6.07 Å². The van der Waals surface area contributed by atoms with Crippen LogP contribution < -0.4 is 5.73 Å². The molecule has 0 aliphatic rings. The molecular formula is C8H12N4O. The number of ether oxygens (including phenoxy) is 1. The van der Waals surface area contributed by atoms with Crippen molar-refractivity contribution in [1.82, 2.24) is 9.78 Å². The Labute approximate surface area is 76.7 Å². The van der Waals surface area contributed by atoms with Crippen LogP contribution in [0.25, 0.3) is 0 Å². The molecule has 5 nitrogen and oxygen atoms in total. The van der Waals surface area contributed by atoms with Gasteiger partial charge < -0.3 is 10.5 Å². The first-order valence-corrected chi connectivity index (χ1v) is 4.05. The highest BCUT2D eigenvalue weighted by Gasteiger charge is 1.93. The van der Waals surface area contributed by atoms with Crippen molar-refractivity contribution in [2.75, 3.05) is 18.9 Å². The number of hydrogen-bond donors (Lipinski definition) is 1. The Morgan fingerprint density at radius 2 is 2.46 bits per heavy atom. The van der Waals surface area contributed by atoms with Crippen LogP contribution >= 0.6 is 0 Å². The summed E-state index contributed by atoms with van der Waals surface area (Å²) >= 11 is 0. The molecule has 0 saturated carbocycles. The fourth-order valence-electron chi connectivity index (χ4n) is 0.880. The molecule has 5 heteroatoms. The van der Waals surface area contributed by atoms with Crippen LogP contribution in [0.15, 0.2) is 12.4 Å². The third-order valence-corrected chi connectivity index (χ3v) is 1.48. The maximum absolute atomic E-state index is 8.22. The molecular weight excluding hydrogens is 168 g/mol. The van der Waals surface area contributed by atoms with E-state index in [4.69, 9.17) is 15.7 Å². The first kappa shape index (κ1) is 9.55. The lowest BCUT2D eigenvalue weighted by Gasteiger charge is -2.01. The maximum Gasteiger partial charge on any atom is 0.0719 e. The van der Waals surface area contributed by atoms with Crippen molar-refractivity contribution < 1.29 is 4.74 Å². The third-order valence-electron chi connectivity index (χ3n) is 1.48. The maximum atomic E-state index is 8.22. The number of rotatable bonds is 5. The van der Waals surface area contributed by atoms with Crippen molar-refractivity contribution in [2.24, 2.45) is 0 Å². The van der Waals surface area contributed by atoms with Gasteiger partial charge in [0.2, 0.25) is 0 Å². The largest absolute Gasteiger partial charge is 0.396 e. The van der Waals surface area contributed by atoms with Crippen molar-refractivity contribution in [3.05, 3.63) is 12.4 Å². The average molecular weight is 180 g/mol. The van der Waals surface area contributed by atoms with Gasteiger partial charge in [0, 0.05) is 6.20 Å². The molecule has 1 aromatic heterocycles. The number of aromatic nitrogens is 2. The smallest absolute Gasteiger partial charge is 0.0719 e. The minimum absolute atomic E-state index is 0.432. The highest BCUT2D eigenvalue weighted by atomic mass is 16.5. The Kier molecular flexibility index (Phi) is 3.79. The number of nitrogens with two attached hydrogens (primary N) is 1. The number of nitrogen functional groups attached to an aromatic ring is 1. The van der Waals surface area contributed by atoms with E-state index < -0.39 is 0 Å². The SMILES string of the molecule is N#CCCOCCn1cc(N)cn1. The first-order chi connectivity index (χ1) is 6.33. The van der Waals surface area contributed by atoms with E-state index in [1.54, 1.807) is 17.1 Å². The fraction of sp³-hybridized carbons (Fsp3) is 0.500. The molecule has 1 rings (SSSR count). The molecule has 0 radical (unpaired) electrons. The van der Waals surface area contributed by atoms with Crippen LogP contribution in [0.5, 0.6) is 0 Å². The zero-order valence-electron chi connectivity index (χ0n) is 7.31. The van der Waals surface area contributed by atoms with E-state index in [1.165, 1.54) is 0 Å². The monoisotopic (exact) mass is 180 g/mol. The Bertz CT molecular complexity index is 289. The number of hydrogen-bond acceptors (Lipinski definition) is 4. The normalized spacial score (nSPS) is 9.77. The van der Waals surface area contributed by atoms with Crippen molar-refractivity contribution in [2.45, 2.75) is 13.0 Å². The lowest BCUT2D eigenvalue weighted by atomic mass is 10.5. The van der Waals surface area contributed by atoms with Crippen LogP contribution in [0.1, 0.15) is 6.42 Å². The second-order valence-corrected chi connectivity index (χ2v) is 2.56. The van der Waals surface area contributed by atoms with Gasteiger partial charge in [-0.05, 0) is 0 Å². The molecule has 13 heavy (non-hydrogen) atoms. The third kappa shape index (κ3) is 3.58. The van der Waals surface area contributed by atoms with Crippen LogP contribution in [0.2, 0.25) is 0 Å². The van der Waals surface area contributed by atoms with Gasteiger partial charge in [-0.15, -0.1) is 0 Å². The Morgan fingerprint density at radius 3 is 3.08 bits per heavy atom. The highest BCUT2D eigenvalue weighted by Crippen LogP contribution is 1.97. The van der Waals surface area contributed by atoms with Crippen LogP contribution in [0, 0.1) is 11.3 Å². The molecule has 0 spiro atoms. The predicted molar refractivity (Wildman–Crippen MR) is 47.7 cm³/mol. The quantitative estimate of drug-likeness (QED) is 0.665. The predicted octanol–water partition coefficient (Wildman–Crippen LogP) is 0.396. The molecule has 1 aromatic rings. The lowest BCUT2D eigenvalue weighted by molar-refractivity contribution is 0.129. The van der Waals surface area contributed by atoms with Gasteiger partial charge in [-0.1, -0.05) is 0 Å². The van der Waals surface area contributed by atoms with E-state index in [2.05, 4.69) is 5.10 Å². The molecule has 0 aromatic carbocycles. The van der Waals surface area contributed by atoms with Crippen LogP contribution in [0.4, 0.5) is 5.69 Å². The zero-order valence-corrected chi connectivity index (χ0v) is 7.31. The summed E-state index contributed by atoms with van der Waals surface area (Å²) in [4.78, 5) is 0. The summed E-state index contributed by atoms with van der Waals surface area (Å²) in [5.74, 6) is 0. The average Bonchev–Trinajstić information content (AvgIpc) is 2.51. The van der Waals surface area contributed by atoms with Crippen molar-refractivity contribution in [3.63, 3.8) is 0 Å². The van der Waals surface area contributed by atoms with Crippen LogP contribution in [-0.2, 0) is 11.3 Å². The molecule has 1 heterocycles. The second-order valence-electron chi connectivity index (χ2n) is 2.56. The summed E-state index contributed by atoms with van der Waals surface area (Å²) in [7, 11) is 0. The van der Waals surface area contributed by atoms with Gasteiger partial charge in [0.15, 0.2) is 0 Å². The Hall–Kier alpha value is -1.54. The van der Waals surface area contributed by atoms with Gasteiger partial charge in [0.1, 0.15) is 0 Å². The minimum Gasteiger partial charge on any atom is -0.396 e. The summed E-state index contributed by atoms with van der Waals surface area (Å²) in [6.45, 7) is 1.71. The number of nitriles is 1. The van der Waals surface area contributed by atoms with Crippen LogP contribution in [-0.4, -0.2) is 23.0 Å². The van der Waals surface area contributed by atoms with Gasteiger partial charge in [0.05, 0.1) is 44.1 Å². The van der Waals surface area contributed by atoms with E-state index >= 15 is 0 Å². The highest BCUT2D eigenvalue weighted by molar-refractivity contribution is 5.30. The van der Waals surface area contributed by atoms with E-state index in [0.717, 1.165) is 0 Å². The fourth-order valence-corrected chi connectivity index (χ4v) is 0.880. The van der Waals surface area contributed by atoms with Crippen LogP contribution in [0.3, 0.4) is 0 Å². The van der Waals surface area contributed by atoms with Gasteiger partial charge in [-0.2, -0.15) is 10.4 Å². The summed E-state index contributed by atoms with van der Waals surface area (Å²) in [6, 6.07) is 2.00. The number of anilines is 1. The summed E-state index contributed by atoms with van der Waals surface area (Å²) < 4.78 is 6.87. The summed E-state index contributed by atoms with van der Waals surface area (Å²) in [5.41, 5.74) is 6.11. The molecule has 0 aliphatic carbocycles. The molecule has 0 saturated heterocycles. The molecule has 0 unspecified atom stereocenters. The van der Waals surface area contributed by atoms with Gasteiger partial charge in [-0.3, -0.25) is 4.68 Å². The summed E-state index contributed by atoms with van der Waals surface area (Å²) in [5, 5.41) is 12.2. The molecule has 0 fully saturated rings. The Balaban J connectivity index is 2.10. The van der Waals surface area contributed by atoms with Crippen molar-refractivity contribution in [1.29, 1.82) is 5.26 Å². The molecule has 0 aliphatic heterocycles. The Morgan fingerprint density at radius 1 is 1.62 bits per heavy atom. The first-order valence-electron chi connectivity index (χ1n) is 4.05. The minimum atomic E-state index is 0.432. The van der Waals surface area contributed by atoms with Gasteiger partial charge in [-0.25, -0.2) is 0 Å². The summed E-state index contributed by atoms with van der Waals surface area (Å²) in [6.07, 6.45) is 3.77. The van der Waals surface area contributed by atoms with Crippen molar-refractivity contribution >= 4 is 5.69 Å². The topological polar surface area (TPSA) is 76.9 Å². The lowest BCUT2D eigenvalue weighted by Crippen LogP contribution is -2.06. The van der Waals surface area contributed by atoms with E-state index in [0.29, 0.717) is 31.9 Å². The zero-order chi connectivity index (χ0) is 9.52. The second kappa shape index (κ2) is 5.17. The van der Waals surface area contributed by atoms with Gasteiger partial charge in [0.25, 0.3) is 0 Å². The van der Waals surface area contributed by atoms with Gasteiger partial charge >= 0.3 is 0 Å². The molecule has 0 bridgehead atoms. The molecule has 0 amide bonds. The van der Waals surface area contributed by atoms with E-state index in [-0.39, 0.29) is 0 Å². The number of nitrogens with zero attached hydrogens (tertiary/aromatic N) is 3.